The minimum absolute atomic E-state index is 0.0282. The van der Waals surface area contributed by atoms with Crippen LogP contribution >= 0.6 is 23.2 Å². The maximum absolute atomic E-state index is 11.8. The van der Waals surface area contributed by atoms with E-state index in [0.717, 1.165) is 18.5 Å². The fourth-order valence-corrected chi connectivity index (χ4v) is 2.02. The summed E-state index contributed by atoms with van der Waals surface area (Å²) < 4.78 is 0. The second-order valence-electron chi connectivity index (χ2n) is 4.17. The Bertz CT molecular complexity index is 390. The van der Waals surface area contributed by atoms with Gasteiger partial charge in [0, 0.05) is 22.3 Å². The molecule has 0 saturated carbocycles. The van der Waals surface area contributed by atoms with Crippen LogP contribution in [-0.2, 0) is 4.79 Å². The highest BCUT2D eigenvalue weighted by atomic mass is 35.5. The van der Waals surface area contributed by atoms with Crippen molar-refractivity contribution < 1.29 is 4.79 Å². The van der Waals surface area contributed by atoms with Gasteiger partial charge in [0.25, 0.3) is 0 Å². The maximum atomic E-state index is 11.8. The lowest BCUT2D eigenvalue weighted by Crippen LogP contribution is -2.37. The second kappa shape index (κ2) is 7.49. The molecule has 0 saturated heterocycles. The van der Waals surface area contributed by atoms with Crippen molar-refractivity contribution in [3.05, 3.63) is 28.2 Å². The lowest BCUT2D eigenvalue weighted by Gasteiger charge is -2.15. The summed E-state index contributed by atoms with van der Waals surface area (Å²) in [6.07, 6.45) is 2.05. The average molecular weight is 289 g/mol. The number of halogens is 2. The molecule has 0 aliphatic rings. The highest BCUT2D eigenvalue weighted by Gasteiger charge is 2.12. The Hall–Kier alpha value is -0.930. The standard InChI is InChI=1S/C13H18Cl2N2O/c1-3-4-5-16-13(18)9(2)17-12-7-10(14)6-11(15)8-12/h6-9,17H,3-5H2,1-2H3,(H,16,18). The van der Waals surface area contributed by atoms with E-state index in [-0.39, 0.29) is 11.9 Å². The second-order valence-corrected chi connectivity index (χ2v) is 5.04. The Labute approximate surface area is 118 Å². The monoisotopic (exact) mass is 288 g/mol. The van der Waals surface area contributed by atoms with Crippen molar-refractivity contribution in [1.82, 2.24) is 5.32 Å². The molecule has 0 bridgehead atoms. The number of unbranched alkanes of at least 4 members (excludes halogenated alkanes) is 1. The number of carbonyl (C=O) groups excluding carboxylic acids is 1. The highest BCUT2D eigenvalue weighted by Crippen LogP contribution is 2.22. The molecule has 3 nitrogen and oxygen atoms in total. The number of nitrogens with one attached hydrogen (secondary N) is 2. The lowest BCUT2D eigenvalue weighted by atomic mass is 10.2. The zero-order chi connectivity index (χ0) is 13.5. The fourth-order valence-electron chi connectivity index (χ4n) is 1.49. The molecule has 0 aliphatic heterocycles. The van der Waals surface area contributed by atoms with E-state index in [9.17, 15) is 4.79 Å². The third-order valence-electron chi connectivity index (χ3n) is 2.47. The Morgan fingerprint density at radius 3 is 2.44 bits per heavy atom. The molecular weight excluding hydrogens is 271 g/mol. The number of hydrogen-bond acceptors (Lipinski definition) is 2. The molecule has 0 spiro atoms. The van der Waals surface area contributed by atoms with Gasteiger partial charge in [0.15, 0.2) is 0 Å². The molecule has 18 heavy (non-hydrogen) atoms. The predicted octanol–water partition coefficient (Wildman–Crippen LogP) is 3.71. The number of carbonyl (C=O) groups is 1. The van der Waals surface area contributed by atoms with Crippen molar-refractivity contribution in [1.29, 1.82) is 0 Å². The Morgan fingerprint density at radius 1 is 1.28 bits per heavy atom. The SMILES string of the molecule is CCCCNC(=O)C(C)Nc1cc(Cl)cc(Cl)c1. The third kappa shape index (κ3) is 5.15. The normalized spacial score (nSPS) is 12.0. The molecule has 0 aliphatic carbocycles. The fraction of sp³-hybridized carbons (Fsp3) is 0.462. The molecule has 1 aromatic carbocycles. The minimum Gasteiger partial charge on any atom is -0.374 e. The summed E-state index contributed by atoms with van der Waals surface area (Å²) in [6, 6.07) is 4.81. The quantitative estimate of drug-likeness (QED) is 0.784. The van der Waals surface area contributed by atoms with Gasteiger partial charge in [-0.05, 0) is 31.5 Å². The first-order chi connectivity index (χ1) is 8.52. The van der Waals surface area contributed by atoms with E-state index in [0.29, 0.717) is 16.6 Å². The first kappa shape index (κ1) is 15.1. The number of rotatable bonds is 6. The van der Waals surface area contributed by atoms with E-state index in [4.69, 9.17) is 23.2 Å². The van der Waals surface area contributed by atoms with E-state index in [1.807, 2.05) is 0 Å². The van der Waals surface area contributed by atoms with Crippen molar-refractivity contribution in [3.63, 3.8) is 0 Å². The van der Waals surface area contributed by atoms with Crippen LogP contribution in [0.15, 0.2) is 18.2 Å². The molecule has 2 N–H and O–H groups in total. The number of anilines is 1. The first-order valence-corrected chi connectivity index (χ1v) is 6.79. The van der Waals surface area contributed by atoms with Crippen LogP contribution in [0.1, 0.15) is 26.7 Å². The maximum Gasteiger partial charge on any atom is 0.242 e. The summed E-state index contributed by atoms with van der Waals surface area (Å²) >= 11 is 11.8. The Balaban J connectivity index is 2.52. The lowest BCUT2D eigenvalue weighted by molar-refractivity contribution is -0.121. The van der Waals surface area contributed by atoms with Gasteiger partial charge in [-0.3, -0.25) is 4.79 Å². The van der Waals surface area contributed by atoms with E-state index < -0.39 is 0 Å². The topological polar surface area (TPSA) is 41.1 Å². The van der Waals surface area contributed by atoms with E-state index in [2.05, 4.69) is 17.6 Å². The molecule has 1 aromatic rings. The van der Waals surface area contributed by atoms with Gasteiger partial charge >= 0.3 is 0 Å². The van der Waals surface area contributed by atoms with Crippen molar-refractivity contribution in [2.24, 2.45) is 0 Å². The van der Waals surface area contributed by atoms with Gasteiger partial charge in [0.05, 0.1) is 0 Å². The van der Waals surface area contributed by atoms with Crippen LogP contribution in [0.2, 0.25) is 10.0 Å². The van der Waals surface area contributed by atoms with Crippen LogP contribution in [-0.4, -0.2) is 18.5 Å². The van der Waals surface area contributed by atoms with Crippen LogP contribution in [0.4, 0.5) is 5.69 Å². The summed E-state index contributed by atoms with van der Waals surface area (Å²) in [5.41, 5.74) is 0.741. The van der Waals surface area contributed by atoms with E-state index in [1.165, 1.54) is 0 Å². The molecular formula is C13H18Cl2N2O. The summed E-state index contributed by atoms with van der Waals surface area (Å²) in [5, 5.41) is 7.02. The minimum atomic E-state index is -0.323. The van der Waals surface area contributed by atoms with Crippen LogP contribution in [0.3, 0.4) is 0 Å². The van der Waals surface area contributed by atoms with Crippen LogP contribution in [0.5, 0.6) is 0 Å². The highest BCUT2D eigenvalue weighted by molar-refractivity contribution is 6.35. The van der Waals surface area contributed by atoms with Gasteiger partial charge in [0.1, 0.15) is 6.04 Å². The van der Waals surface area contributed by atoms with Gasteiger partial charge in [-0.1, -0.05) is 36.5 Å². The van der Waals surface area contributed by atoms with Crippen LogP contribution in [0, 0.1) is 0 Å². The van der Waals surface area contributed by atoms with Crippen molar-refractivity contribution in [2.75, 3.05) is 11.9 Å². The molecule has 0 radical (unpaired) electrons. The summed E-state index contributed by atoms with van der Waals surface area (Å²) in [4.78, 5) is 11.8. The molecule has 1 amide bonds. The molecule has 0 fully saturated rings. The van der Waals surface area contributed by atoms with Crippen LogP contribution in [0.25, 0.3) is 0 Å². The van der Waals surface area contributed by atoms with Gasteiger partial charge in [-0.15, -0.1) is 0 Å². The molecule has 0 heterocycles. The largest absolute Gasteiger partial charge is 0.374 e. The number of benzene rings is 1. The van der Waals surface area contributed by atoms with Gasteiger partial charge in [-0.25, -0.2) is 0 Å². The van der Waals surface area contributed by atoms with Gasteiger partial charge in [-0.2, -0.15) is 0 Å². The van der Waals surface area contributed by atoms with Crippen molar-refractivity contribution in [2.45, 2.75) is 32.7 Å². The molecule has 1 unspecified atom stereocenters. The smallest absolute Gasteiger partial charge is 0.242 e. The molecule has 1 atom stereocenters. The summed E-state index contributed by atoms with van der Waals surface area (Å²) in [5.74, 6) is -0.0282. The van der Waals surface area contributed by atoms with Gasteiger partial charge < -0.3 is 10.6 Å². The molecule has 1 rings (SSSR count). The van der Waals surface area contributed by atoms with Crippen LogP contribution < -0.4 is 10.6 Å². The molecule has 0 aromatic heterocycles. The van der Waals surface area contributed by atoms with Gasteiger partial charge in [0.2, 0.25) is 5.91 Å². The number of amides is 1. The zero-order valence-corrected chi connectivity index (χ0v) is 12.1. The first-order valence-electron chi connectivity index (χ1n) is 6.03. The Kier molecular flexibility index (Phi) is 6.30. The summed E-state index contributed by atoms with van der Waals surface area (Å²) in [7, 11) is 0. The average Bonchev–Trinajstić information content (AvgIpc) is 2.27. The summed E-state index contributed by atoms with van der Waals surface area (Å²) in [6.45, 7) is 4.59. The molecule has 100 valence electrons. The predicted molar refractivity (Wildman–Crippen MR) is 77.5 cm³/mol. The van der Waals surface area contributed by atoms with E-state index >= 15 is 0 Å². The Morgan fingerprint density at radius 2 is 1.89 bits per heavy atom. The molecule has 5 heteroatoms. The van der Waals surface area contributed by atoms with E-state index in [1.54, 1.807) is 25.1 Å². The zero-order valence-electron chi connectivity index (χ0n) is 10.6. The van der Waals surface area contributed by atoms with Crippen molar-refractivity contribution in [3.8, 4) is 0 Å². The third-order valence-corrected chi connectivity index (χ3v) is 2.91. The number of hydrogen-bond donors (Lipinski definition) is 2. The van der Waals surface area contributed by atoms with Crippen molar-refractivity contribution >= 4 is 34.8 Å².